The molecule has 0 radical (unpaired) electrons. The normalized spacial score (nSPS) is 10.3. The van der Waals surface area contributed by atoms with Gasteiger partial charge in [-0.15, -0.1) is 0 Å². The molecule has 0 N–H and O–H groups in total. The fourth-order valence-electron chi connectivity index (χ4n) is 1.26. The Morgan fingerprint density at radius 2 is 1.82 bits per heavy atom. The van der Waals surface area contributed by atoms with Crippen LogP contribution in [0.25, 0.3) is 0 Å². The summed E-state index contributed by atoms with van der Waals surface area (Å²) >= 11 is 3.11. The molecule has 0 atom stereocenters. The van der Waals surface area contributed by atoms with Crippen LogP contribution in [0.4, 0.5) is 8.78 Å². The molecule has 0 unspecified atom stereocenters. The van der Waals surface area contributed by atoms with Gasteiger partial charge in [-0.25, -0.2) is 13.8 Å². The highest BCUT2D eigenvalue weighted by Crippen LogP contribution is 2.19. The standard InChI is InChI=1S/C12H8BrF2NO/c13-11-6-5-10(15)12(16-11)17-7-8-3-1-2-4-9(8)14/h1-6H,7H2. The second-order valence-electron chi connectivity index (χ2n) is 3.30. The summed E-state index contributed by atoms with van der Waals surface area (Å²) in [5.74, 6) is -1.12. The molecule has 1 aromatic heterocycles. The van der Waals surface area contributed by atoms with Gasteiger partial charge in [0.2, 0.25) is 0 Å². The third-order valence-corrected chi connectivity index (χ3v) is 2.54. The number of ether oxygens (including phenoxy) is 1. The fraction of sp³-hybridized carbons (Fsp3) is 0.0833. The molecular formula is C12H8BrF2NO. The molecule has 0 aliphatic rings. The maximum absolute atomic E-state index is 13.3. The molecule has 2 nitrogen and oxygen atoms in total. The van der Waals surface area contributed by atoms with Gasteiger partial charge >= 0.3 is 0 Å². The lowest BCUT2D eigenvalue weighted by Gasteiger charge is -2.07. The highest BCUT2D eigenvalue weighted by molar-refractivity contribution is 9.10. The molecule has 17 heavy (non-hydrogen) atoms. The van der Waals surface area contributed by atoms with Gasteiger partial charge in [-0.1, -0.05) is 18.2 Å². The van der Waals surface area contributed by atoms with Gasteiger partial charge in [-0.2, -0.15) is 0 Å². The van der Waals surface area contributed by atoms with Crippen molar-refractivity contribution < 1.29 is 13.5 Å². The van der Waals surface area contributed by atoms with Gasteiger partial charge in [0.1, 0.15) is 17.0 Å². The second kappa shape index (κ2) is 5.23. The molecule has 88 valence electrons. The number of rotatable bonds is 3. The van der Waals surface area contributed by atoms with Crippen molar-refractivity contribution in [1.29, 1.82) is 0 Å². The average Bonchev–Trinajstić information content (AvgIpc) is 2.32. The third kappa shape index (κ3) is 3.00. The van der Waals surface area contributed by atoms with Gasteiger partial charge in [-0.3, -0.25) is 0 Å². The molecular weight excluding hydrogens is 292 g/mol. The molecule has 0 aliphatic carbocycles. The molecule has 1 heterocycles. The number of hydrogen-bond donors (Lipinski definition) is 0. The Hall–Kier alpha value is -1.49. The lowest BCUT2D eigenvalue weighted by Crippen LogP contribution is -2.01. The van der Waals surface area contributed by atoms with Crippen molar-refractivity contribution in [2.45, 2.75) is 6.61 Å². The van der Waals surface area contributed by atoms with E-state index in [-0.39, 0.29) is 18.3 Å². The molecule has 5 heteroatoms. The number of nitrogens with zero attached hydrogens (tertiary/aromatic N) is 1. The minimum absolute atomic E-state index is 0.0625. The van der Waals surface area contributed by atoms with E-state index in [1.54, 1.807) is 18.2 Å². The molecule has 0 saturated heterocycles. The number of aromatic nitrogens is 1. The van der Waals surface area contributed by atoms with E-state index in [0.29, 0.717) is 10.2 Å². The lowest BCUT2D eigenvalue weighted by molar-refractivity contribution is 0.271. The summed E-state index contributed by atoms with van der Waals surface area (Å²) in [5.41, 5.74) is 0.355. The number of benzene rings is 1. The van der Waals surface area contributed by atoms with Crippen LogP contribution < -0.4 is 4.74 Å². The Balaban J connectivity index is 2.12. The summed E-state index contributed by atoms with van der Waals surface area (Å²) in [4.78, 5) is 3.81. The fourth-order valence-corrected chi connectivity index (χ4v) is 1.56. The largest absolute Gasteiger partial charge is 0.471 e. The number of halogens is 3. The maximum atomic E-state index is 13.3. The number of pyridine rings is 1. The van der Waals surface area contributed by atoms with Crippen LogP contribution in [0.2, 0.25) is 0 Å². The van der Waals surface area contributed by atoms with Gasteiger partial charge in [0.25, 0.3) is 5.88 Å². The zero-order valence-corrected chi connectivity index (χ0v) is 10.2. The third-order valence-electron chi connectivity index (χ3n) is 2.10. The van der Waals surface area contributed by atoms with Crippen LogP contribution in [-0.2, 0) is 6.61 Å². The van der Waals surface area contributed by atoms with E-state index < -0.39 is 5.82 Å². The van der Waals surface area contributed by atoms with E-state index in [1.165, 1.54) is 18.2 Å². The maximum Gasteiger partial charge on any atom is 0.251 e. The van der Waals surface area contributed by atoms with Crippen molar-refractivity contribution >= 4 is 15.9 Å². The van der Waals surface area contributed by atoms with Crippen molar-refractivity contribution in [3.63, 3.8) is 0 Å². The highest BCUT2D eigenvalue weighted by Gasteiger charge is 2.07. The van der Waals surface area contributed by atoms with Crippen LogP contribution in [0.5, 0.6) is 5.88 Å². The van der Waals surface area contributed by atoms with E-state index in [2.05, 4.69) is 20.9 Å². The molecule has 1 aromatic carbocycles. The van der Waals surface area contributed by atoms with Crippen LogP contribution in [0, 0.1) is 11.6 Å². The van der Waals surface area contributed by atoms with Crippen molar-refractivity contribution in [3.05, 3.63) is 58.2 Å². The summed E-state index contributed by atoms with van der Waals surface area (Å²) in [5, 5.41) is 0. The van der Waals surface area contributed by atoms with E-state index in [0.717, 1.165) is 0 Å². The highest BCUT2D eigenvalue weighted by atomic mass is 79.9. The zero-order valence-electron chi connectivity index (χ0n) is 8.66. The van der Waals surface area contributed by atoms with E-state index in [9.17, 15) is 8.78 Å². The Labute approximate surface area is 105 Å². The minimum Gasteiger partial charge on any atom is -0.471 e. The first-order valence-corrected chi connectivity index (χ1v) is 5.64. The SMILES string of the molecule is Fc1ccccc1COc1nc(Br)ccc1F. The van der Waals surface area contributed by atoms with Gasteiger partial charge in [0.05, 0.1) is 0 Å². The molecule has 0 spiro atoms. The van der Waals surface area contributed by atoms with Crippen LogP contribution in [0.15, 0.2) is 41.0 Å². The Bertz CT molecular complexity index is 534. The molecule has 2 aromatic rings. The smallest absolute Gasteiger partial charge is 0.251 e. The number of hydrogen-bond acceptors (Lipinski definition) is 2. The van der Waals surface area contributed by atoms with Crippen molar-refractivity contribution in [1.82, 2.24) is 4.98 Å². The first-order chi connectivity index (χ1) is 8.16. The summed E-state index contributed by atoms with van der Waals surface area (Å²) in [6, 6.07) is 8.86. The predicted octanol–water partition coefficient (Wildman–Crippen LogP) is 3.70. The second-order valence-corrected chi connectivity index (χ2v) is 4.11. The molecule has 0 fully saturated rings. The Kier molecular flexibility index (Phi) is 3.68. The van der Waals surface area contributed by atoms with Gasteiger partial charge < -0.3 is 4.74 Å². The quantitative estimate of drug-likeness (QED) is 0.806. The Morgan fingerprint density at radius 1 is 1.06 bits per heavy atom. The molecule has 0 amide bonds. The first-order valence-electron chi connectivity index (χ1n) is 4.85. The van der Waals surface area contributed by atoms with Gasteiger partial charge in [-0.05, 0) is 34.1 Å². The molecule has 0 saturated carbocycles. The summed E-state index contributed by atoms with van der Waals surface area (Å²) in [6.45, 7) is -0.0625. The van der Waals surface area contributed by atoms with Crippen LogP contribution >= 0.6 is 15.9 Å². The zero-order chi connectivity index (χ0) is 12.3. The molecule has 2 rings (SSSR count). The van der Waals surface area contributed by atoms with Crippen LogP contribution in [-0.4, -0.2) is 4.98 Å². The van der Waals surface area contributed by atoms with Crippen molar-refractivity contribution in [2.75, 3.05) is 0 Å². The van der Waals surface area contributed by atoms with Gasteiger partial charge in [0.15, 0.2) is 5.82 Å². The van der Waals surface area contributed by atoms with E-state index >= 15 is 0 Å². The summed E-state index contributed by atoms with van der Waals surface area (Å²) in [7, 11) is 0. The van der Waals surface area contributed by atoms with Crippen molar-refractivity contribution in [3.8, 4) is 5.88 Å². The van der Waals surface area contributed by atoms with E-state index in [1.807, 2.05) is 0 Å². The predicted molar refractivity (Wildman–Crippen MR) is 62.6 cm³/mol. The van der Waals surface area contributed by atoms with Crippen LogP contribution in [0.3, 0.4) is 0 Å². The van der Waals surface area contributed by atoms with Gasteiger partial charge in [0, 0.05) is 5.56 Å². The monoisotopic (exact) mass is 299 g/mol. The molecule has 0 aliphatic heterocycles. The van der Waals surface area contributed by atoms with E-state index in [4.69, 9.17) is 4.74 Å². The Morgan fingerprint density at radius 3 is 2.59 bits per heavy atom. The molecule has 0 bridgehead atoms. The first kappa shape index (κ1) is 12.0. The summed E-state index contributed by atoms with van der Waals surface area (Å²) in [6.07, 6.45) is 0. The average molecular weight is 300 g/mol. The summed E-state index contributed by atoms with van der Waals surface area (Å²) < 4.78 is 32.1. The minimum atomic E-state index is -0.579. The topological polar surface area (TPSA) is 22.1 Å². The lowest BCUT2D eigenvalue weighted by atomic mass is 10.2. The van der Waals surface area contributed by atoms with Crippen molar-refractivity contribution in [2.24, 2.45) is 0 Å². The van der Waals surface area contributed by atoms with Crippen LogP contribution in [0.1, 0.15) is 5.56 Å².